The average Bonchev–Trinajstić information content (AvgIpc) is 2.25. The van der Waals surface area contributed by atoms with Crippen molar-refractivity contribution in [3.8, 4) is 0 Å². The molecule has 96 valence electrons. The average molecular weight is 258 g/mol. The Balaban J connectivity index is 2.54. The SMILES string of the molecule is Cc1ccc(S(=O)(=O)OCCOC(C)C)cc1. The number of hydrogen-bond acceptors (Lipinski definition) is 4. The summed E-state index contributed by atoms with van der Waals surface area (Å²) in [6.45, 7) is 5.97. The van der Waals surface area contributed by atoms with Gasteiger partial charge in [-0.1, -0.05) is 17.7 Å². The topological polar surface area (TPSA) is 52.6 Å². The molecule has 0 unspecified atom stereocenters. The van der Waals surface area contributed by atoms with Gasteiger partial charge in [0.2, 0.25) is 0 Å². The van der Waals surface area contributed by atoms with E-state index >= 15 is 0 Å². The van der Waals surface area contributed by atoms with Crippen molar-refractivity contribution in [1.82, 2.24) is 0 Å². The summed E-state index contributed by atoms with van der Waals surface area (Å²) >= 11 is 0. The van der Waals surface area contributed by atoms with Gasteiger partial charge in [0.15, 0.2) is 0 Å². The van der Waals surface area contributed by atoms with Crippen LogP contribution in [0.3, 0.4) is 0 Å². The highest BCUT2D eigenvalue weighted by atomic mass is 32.2. The Hall–Kier alpha value is -0.910. The zero-order chi connectivity index (χ0) is 12.9. The van der Waals surface area contributed by atoms with E-state index in [0.717, 1.165) is 5.56 Å². The summed E-state index contributed by atoms with van der Waals surface area (Å²) in [7, 11) is -3.65. The summed E-state index contributed by atoms with van der Waals surface area (Å²) < 4.78 is 33.5. The van der Waals surface area contributed by atoms with E-state index in [4.69, 9.17) is 8.92 Å². The highest BCUT2D eigenvalue weighted by Gasteiger charge is 2.14. The number of benzene rings is 1. The maximum atomic E-state index is 11.7. The molecule has 0 fully saturated rings. The minimum atomic E-state index is -3.65. The molecule has 0 saturated heterocycles. The summed E-state index contributed by atoms with van der Waals surface area (Å²) in [5, 5.41) is 0. The van der Waals surface area contributed by atoms with Crippen molar-refractivity contribution in [2.75, 3.05) is 13.2 Å². The summed E-state index contributed by atoms with van der Waals surface area (Å²) in [6.07, 6.45) is 0.0701. The zero-order valence-electron chi connectivity index (χ0n) is 10.3. The Morgan fingerprint density at radius 3 is 2.24 bits per heavy atom. The van der Waals surface area contributed by atoms with Crippen LogP contribution in [0.15, 0.2) is 29.2 Å². The molecule has 0 heterocycles. The first-order chi connectivity index (χ1) is 7.92. The van der Waals surface area contributed by atoms with E-state index in [-0.39, 0.29) is 24.2 Å². The van der Waals surface area contributed by atoms with Crippen molar-refractivity contribution >= 4 is 10.1 Å². The third kappa shape index (κ3) is 4.85. The normalized spacial score (nSPS) is 12.0. The van der Waals surface area contributed by atoms with Gasteiger partial charge in [0.05, 0.1) is 24.2 Å². The molecule has 0 aromatic heterocycles. The van der Waals surface area contributed by atoms with Crippen LogP contribution in [-0.2, 0) is 19.0 Å². The van der Waals surface area contributed by atoms with Crippen LogP contribution < -0.4 is 0 Å². The fourth-order valence-corrected chi connectivity index (χ4v) is 2.09. The van der Waals surface area contributed by atoms with Crippen LogP contribution in [0.4, 0.5) is 0 Å². The number of rotatable bonds is 6. The van der Waals surface area contributed by atoms with Crippen molar-refractivity contribution in [2.24, 2.45) is 0 Å². The molecule has 5 heteroatoms. The fraction of sp³-hybridized carbons (Fsp3) is 0.500. The maximum absolute atomic E-state index is 11.7. The maximum Gasteiger partial charge on any atom is 0.297 e. The molecule has 0 aliphatic rings. The van der Waals surface area contributed by atoms with Crippen molar-refractivity contribution in [1.29, 1.82) is 0 Å². The molecule has 0 aliphatic heterocycles. The Morgan fingerprint density at radius 2 is 1.71 bits per heavy atom. The third-order valence-electron chi connectivity index (χ3n) is 2.08. The van der Waals surface area contributed by atoms with E-state index < -0.39 is 10.1 Å². The second-order valence-electron chi connectivity index (χ2n) is 4.01. The van der Waals surface area contributed by atoms with Crippen LogP contribution in [-0.4, -0.2) is 27.7 Å². The quantitative estimate of drug-likeness (QED) is 0.579. The lowest BCUT2D eigenvalue weighted by molar-refractivity contribution is 0.0566. The van der Waals surface area contributed by atoms with Crippen LogP contribution in [0.2, 0.25) is 0 Å². The van der Waals surface area contributed by atoms with Gasteiger partial charge in [-0.2, -0.15) is 8.42 Å². The van der Waals surface area contributed by atoms with Gasteiger partial charge in [-0.15, -0.1) is 0 Å². The van der Waals surface area contributed by atoms with Crippen molar-refractivity contribution in [2.45, 2.75) is 31.8 Å². The van der Waals surface area contributed by atoms with Crippen LogP contribution in [0.1, 0.15) is 19.4 Å². The number of hydrogen-bond donors (Lipinski definition) is 0. The predicted molar refractivity (Wildman–Crippen MR) is 65.4 cm³/mol. The van der Waals surface area contributed by atoms with Crippen LogP contribution >= 0.6 is 0 Å². The van der Waals surface area contributed by atoms with Gasteiger partial charge >= 0.3 is 0 Å². The van der Waals surface area contributed by atoms with E-state index in [1.54, 1.807) is 12.1 Å². The molecule has 1 aromatic carbocycles. The molecule has 0 bridgehead atoms. The molecule has 0 aliphatic carbocycles. The van der Waals surface area contributed by atoms with Gasteiger partial charge in [-0.05, 0) is 32.9 Å². The summed E-state index contributed by atoms with van der Waals surface area (Å²) in [5.74, 6) is 0. The van der Waals surface area contributed by atoms with Gasteiger partial charge in [0.1, 0.15) is 0 Å². The van der Waals surface area contributed by atoms with Crippen molar-refractivity contribution in [3.05, 3.63) is 29.8 Å². The van der Waals surface area contributed by atoms with E-state index in [1.807, 2.05) is 20.8 Å². The molecule has 0 saturated carbocycles. The molecule has 4 nitrogen and oxygen atoms in total. The summed E-state index contributed by atoms with van der Waals surface area (Å²) in [6, 6.07) is 6.55. The largest absolute Gasteiger partial charge is 0.376 e. The first-order valence-electron chi connectivity index (χ1n) is 5.49. The van der Waals surface area contributed by atoms with E-state index in [0.29, 0.717) is 0 Å². The van der Waals surface area contributed by atoms with Gasteiger partial charge in [-0.25, -0.2) is 0 Å². The van der Waals surface area contributed by atoms with Gasteiger partial charge in [-0.3, -0.25) is 4.18 Å². The van der Waals surface area contributed by atoms with Crippen LogP contribution in [0.25, 0.3) is 0 Å². The predicted octanol–water partition coefficient (Wildman–Crippen LogP) is 2.13. The lowest BCUT2D eigenvalue weighted by Crippen LogP contribution is -2.14. The Labute approximate surface area is 103 Å². The zero-order valence-corrected chi connectivity index (χ0v) is 11.2. The Kier molecular flexibility index (Phi) is 5.11. The van der Waals surface area contributed by atoms with E-state index in [2.05, 4.69) is 0 Å². The molecule has 17 heavy (non-hydrogen) atoms. The minimum absolute atomic E-state index is 0.0361. The van der Waals surface area contributed by atoms with Gasteiger partial charge in [0.25, 0.3) is 10.1 Å². The lowest BCUT2D eigenvalue weighted by atomic mass is 10.2. The van der Waals surface area contributed by atoms with E-state index in [1.165, 1.54) is 12.1 Å². The molecule has 0 spiro atoms. The minimum Gasteiger partial charge on any atom is -0.376 e. The number of ether oxygens (including phenoxy) is 1. The fourth-order valence-electron chi connectivity index (χ4n) is 1.20. The Morgan fingerprint density at radius 1 is 1.12 bits per heavy atom. The van der Waals surface area contributed by atoms with Crippen LogP contribution in [0, 0.1) is 6.92 Å². The Bertz CT molecular complexity index is 434. The molecular formula is C12H18O4S. The molecular weight excluding hydrogens is 240 g/mol. The van der Waals surface area contributed by atoms with Gasteiger partial charge in [0, 0.05) is 0 Å². The molecule has 0 N–H and O–H groups in total. The number of aryl methyl sites for hydroxylation is 1. The highest BCUT2D eigenvalue weighted by Crippen LogP contribution is 2.12. The molecule has 1 aromatic rings. The molecule has 0 atom stereocenters. The van der Waals surface area contributed by atoms with Gasteiger partial charge < -0.3 is 4.74 Å². The molecule has 0 radical (unpaired) electrons. The highest BCUT2D eigenvalue weighted by molar-refractivity contribution is 7.86. The molecule has 1 rings (SSSR count). The second kappa shape index (κ2) is 6.14. The second-order valence-corrected chi connectivity index (χ2v) is 5.62. The summed E-state index contributed by atoms with van der Waals surface area (Å²) in [5.41, 5.74) is 1.01. The summed E-state index contributed by atoms with van der Waals surface area (Å²) in [4.78, 5) is 0.174. The third-order valence-corrected chi connectivity index (χ3v) is 3.41. The van der Waals surface area contributed by atoms with Crippen molar-refractivity contribution in [3.63, 3.8) is 0 Å². The standard InChI is InChI=1S/C12H18O4S/c1-10(2)15-8-9-16-17(13,14)12-6-4-11(3)5-7-12/h4-7,10H,8-9H2,1-3H3. The van der Waals surface area contributed by atoms with Crippen LogP contribution in [0.5, 0.6) is 0 Å². The molecule has 0 amide bonds. The first-order valence-corrected chi connectivity index (χ1v) is 6.90. The smallest absolute Gasteiger partial charge is 0.297 e. The van der Waals surface area contributed by atoms with Crippen molar-refractivity contribution < 1.29 is 17.3 Å². The monoisotopic (exact) mass is 258 g/mol. The lowest BCUT2D eigenvalue weighted by Gasteiger charge is -2.08. The van der Waals surface area contributed by atoms with E-state index in [9.17, 15) is 8.42 Å². The first kappa shape index (κ1) is 14.2.